The highest BCUT2D eigenvalue weighted by Crippen LogP contribution is 2.22. The van der Waals surface area contributed by atoms with Gasteiger partial charge in [-0.3, -0.25) is 4.79 Å². The Hall–Kier alpha value is -2.67. The lowest BCUT2D eigenvalue weighted by atomic mass is 9.98. The number of amides is 1. The Morgan fingerprint density at radius 1 is 1.19 bits per heavy atom. The standard InChI is InChI=1S/C17H13FN2O/c18-16-13(10-19)5-3-6-14(16)11-20-9-8-12-4-1-2-7-15(12)17(20)21/h1-7H,8-9,11H2. The van der Waals surface area contributed by atoms with Crippen molar-refractivity contribution in [3.8, 4) is 6.07 Å². The summed E-state index contributed by atoms with van der Waals surface area (Å²) >= 11 is 0. The first-order chi connectivity index (χ1) is 10.2. The van der Waals surface area contributed by atoms with Gasteiger partial charge in [0.15, 0.2) is 0 Å². The predicted octanol–water partition coefficient (Wildman–Crippen LogP) is 2.90. The third-order valence-electron chi connectivity index (χ3n) is 3.75. The van der Waals surface area contributed by atoms with Gasteiger partial charge in [0.05, 0.1) is 5.56 Å². The number of fused-ring (bicyclic) bond motifs is 1. The van der Waals surface area contributed by atoms with E-state index in [1.165, 1.54) is 6.07 Å². The molecule has 0 saturated heterocycles. The van der Waals surface area contributed by atoms with Gasteiger partial charge in [-0.2, -0.15) is 5.26 Å². The van der Waals surface area contributed by atoms with Gasteiger partial charge in [-0.05, 0) is 24.1 Å². The molecular weight excluding hydrogens is 267 g/mol. The molecule has 1 aliphatic rings. The maximum Gasteiger partial charge on any atom is 0.254 e. The fourth-order valence-corrected chi connectivity index (χ4v) is 2.62. The average molecular weight is 280 g/mol. The Morgan fingerprint density at radius 2 is 2.00 bits per heavy atom. The quantitative estimate of drug-likeness (QED) is 0.849. The van der Waals surface area contributed by atoms with Gasteiger partial charge in [0.1, 0.15) is 11.9 Å². The van der Waals surface area contributed by atoms with Crippen molar-refractivity contribution in [1.82, 2.24) is 4.90 Å². The fraction of sp³-hybridized carbons (Fsp3) is 0.176. The van der Waals surface area contributed by atoms with Crippen LogP contribution in [0.3, 0.4) is 0 Å². The lowest BCUT2D eigenvalue weighted by Crippen LogP contribution is -2.37. The molecule has 0 saturated carbocycles. The molecule has 1 aliphatic heterocycles. The summed E-state index contributed by atoms with van der Waals surface area (Å²) in [5.74, 6) is -0.620. The number of hydrogen-bond donors (Lipinski definition) is 0. The largest absolute Gasteiger partial charge is 0.334 e. The molecule has 0 radical (unpaired) electrons. The second-order valence-electron chi connectivity index (χ2n) is 5.02. The van der Waals surface area contributed by atoms with Crippen LogP contribution in [-0.4, -0.2) is 17.4 Å². The van der Waals surface area contributed by atoms with Crippen LogP contribution in [0.15, 0.2) is 42.5 Å². The smallest absolute Gasteiger partial charge is 0.254 e. The van der Waals surface area contributed by atoms with Gasteiger partial charge in [0, 0.05) is 24.2 Å². The predicted molar refractivity (Wildman–Crippen MR) is 76.0 cm³/mol. The number of nitriles is 1. The topological polar surface area (TPSA) is 44.1 Å². The van der Waals surface area contributed by atoms with Crippen LogP contribution in [0.4, 0.5) is 4.39 Å². The van der Waals surface area contributed by atoms with Crippen LogP contribution in [0.25, 0.3) is 0 Å². The van der Waals surface area contributed by atoms with E-state index in [9.17, 15) is 9.18 Å². The molecule has 0 aromatic heterocycles. The molecule has 0 fully saturated rings. The van der Waals surface area contributed by atoms with Crippen molar-refractivity contribution in [2.45, 2.75) is 13.0 Å². The average Bonchev–Trinajstić information content (AvgIpc) is 2.52. The lowest BCUT2D eigenvalue weighted by Gasteiger charge is -2.28. The molecule has 0 unspecified atom stereocenters. The van der Waals surface area contributed by atoms with E-state index in [0.717, 1.165) is 12.0 Å². The maximum absolute atomic E-state index is 14.1. The van der Waals surface area contributed by atoms with E-state index in [0.29, 0.717) is 17.7 Å². The molecule has 2 aromatic rings. The molecule has 0 aliphatic carbocycles. The Balaban J connectivity index is 1.88. The summed E-state index contributed by atoms with van der Waals surface area (Å²) in [6.45, 7) is 0.751. The normalized spacial score (nSPS) is 13.7. The molecule has 0 atom stereocenters. The van der Waals surface area contributed by atoms with Crippen LogP contribution >= 0.6 is 0 Å². The highest BCUT2D eigenvalue weighted by Gasteiger charge is 2.24. The zero-order valence-electron chi connectivity index (χ0n) is 11.3. The van der Waals surface area contributed by atoms with E-state index in [-0.39, 0.29) is 18.0 Å². The lowest BCUT2D eigenvalue weighted by molar-refractivity contribution is 0.0725. The number of benzene rings is 2. The first kappa shape index (κ1) is 13.3. The SMILES string of the molecule is N#Cc1cccc(CN2CCc3ccccc3C2=O)c1F. The number of hydrogen-bond acceptors (Lipinski definition) is 2. The minimum Gasteiger partial charge on any atom is -0.334 e. The Kier molecular flexibility index (Phi) is 3.41. The molecule has 21 heavy (non-hydrogen) atoms. The Morgan fingerprint density at radius 3 is 2.81 bits per heavy atom. The van der Waals surface area contributed by atoms with E-state index in [1.54, 1.807) is 23.1 Å². The van der Waals surface area contributed by atoms with Crippen LogP contribution in [0.5, 0.6) is 0 Å². The number of carbonyl (C=O) groups is 1. The molecule has 3 nitrogen and oxygen atoms in total. The van der Waals surface area contributed by atoms with Crippen molar-refractivity contribution in [2.75, 3.05) is 6.54 Å². The van der Waals surface area contributed by atoms with Crippen molar-refractivity contribution >= 4 is 5.91 Å². The maximum atomic E-state index is 14.1. The third kappa shape index (κ3) is 2.38. The number of carbonyl (C=O) groups excluding carboxylic acids is 1. The third-order valence-corrected chi connectivity index (χ3v) is 3.75. The van der Waals surface area contributed by atoms with Gasteiger partial charge in [-0.25, -0.2) is 4.39 Å². The fourth-order valence-electron chi connectivity index (χ4n) is 2.62. The van der Waals surface area contributed by atoms with Gasteiger partial charge < -0.3 is 4.90 Å². The molecule has 1 heterocycles. The van der Waals surface area contributed by atoms with Crippen molar-refractivity contribution in [3.05, 3.63) is 70.5 Å². The number of halogens is 1. The molecule has 0 N–H and O–H groups in total. The molecule has 2 aromatic carbocycles. The zero-order chi connectivity index (χ0) is 14.8. The summed E-state index contributed by atoms with van der Waals surface area (Å²) < 4.78 is 14.1. The molecule has 104 valence electrons. The first-order valence-electron chi connectivity index (χ1n) is 6.75. The van der Waals surface area contributed by atoms with Gasteiger partial charge >= 0.3 is 0 Å². The van der Waals surface area contributed by atoms with E-state index in [1.807, 2.05) is 24.3 Å². The number of nitrogens with zero attached hydrogens (tertiary/aromatic N) is 2. The van der Waals surface area contributed by atoms with Crippen molar-refractivity contribution in [3.63, 3.8) is 0 Å². The summed E-state index contributed by atoms with van der Waals surface area (Å²) in [5, 5.41) is 8.86. The minimum atomic E-state index is -0.536. The monoisotopic (exact) mass is 280 g/mol. The van der Waals surface area contributed by atoms with E-state index >= 15 is 0 Å². The van der Waals surface area contributed by atoms with E-state index in [2.05, 4.69) is 0 Å². The van der Waals surface area contributed by atoms with E-state index < -0.39 is 5.82 Å². The second kappa shape index (κ2) is 5.37. The van der Waals surface area contributed by atoms with Crippen molar-refractivity contribution in [2.24, 2.45) is 0 Å². The summed E-state index contributed by atoms with van der Waals surface area (Å²) in [4.78, 5) is 14.1. The molecule has 3 rings (SSSR count). The van der Waals surface area contributed by atoms with Gasteiger partial charge in [-0.15, -0.1) is 0 Å². The van der Waals surface area contributed by atoms with Crippen LogP contribution < -0.4 is 0 Å². The molecule has 0 spiro atoms. The Labute approximate surface area is 122 Å². The molecule has 0 bridgehead atoms. The van der Waals surface area contributed by atoms with E-state index in [4.69, 9.17) is 5.26 Å². The highest BCUT2D eigenvalue weighted by atomic mass is 19.1. The van der Waals surface area contributed by atoms with Gasteiger partial charge in [0.2, 0.25) is 0 Å². The van der Waals surface area contributed by atoms with Crippen LogP contribution in [0, 0.1) is 17.1 Å². The highest BCUT2D eigenvalue weighted by molar-refractivity contribution is 5.96. The number of rotatable bonds is 2. The van der Waals surface area contributed by atoms with Gasteiger partial charge in [0.25, 0.3) is 5.91 Å². The molecule has 1 amide bonds. The summed E-state index contributed by atoms with van der Waals surface area (Å²) in [6, 6.07) is 14.0. The van der Waals surface area contributed by atoms with Crippen molar-refractivity contribution in [1.29, 1.82) is 5.26 Å². The summed E-state index contributed by atoms with van der Waals surface area (Å²) in [6.07, 6.45) is 0.765. The van der Waals surface area contributed by atoms with Crippen LogP contribution in [0.1, 0.15) is 27.0 Å². The van der Waals surface area contributed by atoms with Crippen molar-refractivity contribution < 1.29 is 9.18 Å². The second-order valence-corrected chi connectivity index (χ2v) is 5.02. The first-order valence-corrected chi connectivity index (χ1v) is 6.75. The van der Waals surface area contributed by atoms with Gasteiger partial charge in [-0.1, -0.05) is 30.3 Å². The summed E-state index contributed by atoms with van der Waals surface area (Å²) in [5.41, 5.74) is 2.10. The molecular formula is C17H13FN2O. The molecule has 4 heteroatoms. The zero-order valence-corrected chi connectivity index (χ0v) is 11.3. The minimum absolute atomic E-state index is 0.0114. The Bertz CT molecular complexity index is 749. The van der Waals surface area contributed by atoms with Crippen LogP contribution in [0.2, 0.25) is 0 Å². The van der Waals surface area contributed by atoms with Crippen LogP contribution in [-0.2, 0) is 13.0 Å². The summed E-state index contributed by atoms with van der Waals surface area (Å²) in [7, 11) is 0.